The topological polar surface area (TPSA) is 50.8 Å². The second kappa shape index (κ2) is 8.24. The van der Waals surface area contributed by atoms with E-state index in [1.165, 1.54) is 7.11 Å². The Labute approximate surface area is 109 Å². The van der Waals surface area contributed by atoms with E-state index in [0.717, 1.165) is 32.8 Å². The highest BCUT2D eigenvalue weighted by Crippen LogP contribution is 2.03. The first-order valence-corrected chi connectivity index (χ1v) is 6.47. The summed E-state index contributed by atoms with van der Waals surface area (Å²) in [5.41, 5.74) is 0.629. The van der Waals surface area contributed by atoms with Crippen LogP contribution < -0.4 is 5.32 Å². The van der Waals surface area contributed by atoms with Gasteiger partial charge in [-0.15, -0.1) is 0 Å². The van der Waals surface area contributed by atoms with Gasteiger partial charge in [-0.05, 0) is 13.5 Å². The Hall–Kier alpha value is -0.910. The number of hydrogen-bond acceptors (Lipinski definition) is 5. The van der Waals surface area contributed by atoms with E-state index in [0.29, 0.717) is 12.1 Å². The van der Waals surface area contributed by atoms with Crippen molar-refractivity contribution in [2.75, 3.05) is 46.4 Å². The molecule has 1 atom stereocenters. The van der Waals surface area contributed by atoms with Crippen molar-refractivity contribution in [3.8, 4) is 0 Å². The Morgan fingerprint density at radius 1 is 1.61 bits per heavy atom. The number of hydrogen-bond donors (Lipinski definition) is 1. The minimum atomic E-state index is -0.275. The predicted molar refractivity (Wildman–Crippen MR) is 70.5 cm³/mol. The molecule has 1 aliphatic heterocycles. The number of rotatable bonds is 6. The summed E-state index contributed by atoms with van der Waals surface area (Å²) in [6.07, 6.45) is 2.08. The predicted octanol–water partition coefficient (Wildman–Crippen LogP) is 0.416. The average Bonchev–Trinajstić information content (AvgIpc) is 2.42. The quantitative estimate of drug-likeness (QED) is 0.424. The fourth-order valence-electron chi connectivity index (χ4n) is 1.91. The van der Waals surface area contributed by atoms with Crippen molar-refractivity contribution >= 4 is 5.97 Å². The molecule has 104 valence electrons. The second-order valence-electron chi connectivity index (χ2n) is 4.42. The van der Waals surface area contributed by atoms with Crippen LogP contribution in [0, 0.1) is 0 Å². The summed E-state index contributed by atoms with van der Waals surface area (Å²) in [7, 11) is 1.39. The molecule has 1 heterocycles. The van der Waals surface area contributed by atoms with Gasteiger partial charge in [0, 0.05) is 31.8 Å². The summed E-state index contributed by atoms with van der Waals surface area (Å²) < 4.78 is 10.3. The molecular weight excluding hydrogens is 232 g/mol. The van der Waals surface area contributed by atoms with Crippen molar-refractivity contribution in [3.63, 3.8) is 0 Å². The van der Waals surface area contributed by atoms with Crippen LogP contribution in [0.5, 0.6) is 0 Å². The maximum atomic E-state index is 11.1. The molecule has 18 heavy (non-hydrogen) atoms. The van der Waals surface area contributed by atoms with Crippen molar-refractivity contribution in [1.29, 1.82) is 0 Å². The molecule has 0 aliphatic carbocycles. The number of nitrogens with one attached hydrogen (secondary N) is 1. The lowest BCUT2D eigenvalue weighted by molar-refractivity contribution is -0.136. The zero-order chi connectivity index (χ0) is 13.4. The molecule has 1 saturated heterocycles. The lowest BCUT2D eigenvalue weighted by Gasteiger charge is -2.32. The summed E-state index contributed by atoms with van der Waals surface area (Å²) in [4.78, 5) is 13.5. The molecule has 0 bridgehead atoms. The summed E-state index contributed by atoms with van der Waals surface area (Å²) in [5, 5.41) is 3.27. The summed E-state index contributed by atoms with van der Waals surface area (Å²) in [5.74, 6) is -0.275. The van der Waals surface area contributed by atoms with Gasteiger partial charge in [0.25, 0.3) is 0 Å². The number of nitrogens with zero attached hydrogens (tertiary/aromatic N) is 1. The smallest absolute Gasteiger partial charge is 0.333 e. The first kappa shape index (κ1) is 15.1. The van der Waals surface area contributed by atoms with Crippen LogP contribution in [-0.4, -0.2) is 63.4 Å². The summed E-state index contributed by atoms with van der Waals surface area (Å²) in [6.45, 7) is 9.26. The number of esters is 1. The molecule has 1 unspecified atom stereocenters. The molecule has 0 aromatic heterocycles. The maximum absolute atomic E-state index is 11.1. The molecule has 1 aliphatic rings. The molecule has 0 saturated carbocycles. The molecule has 0 aromatic carbocycles. The second-order valence-corrected chi connectivity index (χ2v) is 4.42. The van der Waals surface area contributed by atoms with Gasteiger partial charge in [0.1, 0.15) is 0 Å². The monoisotopic (exact) mass is 256 g/mol. The number of morpholine rings is 1. The van der Waals surface area contributed by atoms with Crippen LogP contribution in [-0.2, 0) is 14.3 Å². The van der Waals surface area contributed by atoms with E-state index in [2.05, 4.69) is 21.9 Å². The Balaban J connectivity index is 2.19. The molecule has 1 N–H and O–H groups in total. The zero-order valence-electron chi connectivity index (χ0n) is 11.6. The van der Waals surface area contributed by atoms with Crippen LogP contribution in [0.3, 0.4) is 0 Å². The normalized spacial score (nSPS) is 21.9. The Kier molecular flexibility index (Phi) is 6.93. The fraction of sp³-hybridized carbons (Fsp3) is 0.769. The van der Waals surface area contributed by atoms with Gasteiger partial charge in [0.2, 0.25) is 0 Å². The number of ether oxygens (including phenoxy) is 2. The van der Waals surface area contributed by atoms with E-state index in [-0.39, 0.29) is 12.1 Å². The molecule has 0 radical (unpaired) electrons. The van der Waals surface area contributed by atoms with Crippen molar-refractivity contribution in [2.45, 2.75) is 20.0 Å². The first-order chi connectivity index (χ1) is 8.67. The van der Waals surface area contributed by atoms with E-state index in [9.17, 15) is 4.79 Å². The minimum absolute atomic E-state index is 0.241. The summed E-state index contributed by atoms with van der Waals surface area (Å²) >= 11 is 0. The number of carbonyl (C=O) groups excluding carboxylic acids is 1. The molecule has 0 aromatic rings. The average molecular weight is 256 g/mol. The van der Waals surface area contributed by atoms with Crippen molar-refractivity contribution < 1.29 is 14.3 Å². The SMILES string of the molecule is CCN1CCOC(CNC/C=C(/C)C(=O)OC)C1. The Morgan fingerprint density at radius 3 is 3.06 bits per heavy atom. The highest BCUT2D eigenvalue weighted by molar-refractivity contribution is 5.87. The molecular formula is C13H24N2O3. The van der Waals surface area contributed by atoms with Crippen molar-refractivity contribution in [3.05, 3.63) is 11.6 Å². The van der Waals surface area contributed by atoms with Gasteiger partial charge in [-0.1, -0.05) is 13.0 Å². The standard InChI is InChI=1S/C13H24N2O3/c1-4-15-7-8-18-12(10-15)9-14-6-5-11(2)13(16)17-3/h5,12,14H,4,6-10H2,1-3H3/b11-5-. The fourth-order valence-corrected chi connectivity index (χ4v) is 1.91. The molecule has 1 fully saturated rings. The number of likely N-dealkylation sites (N-methyl/N-ethyl adjacent to an activating group) is 1. The molecule has 1 rings (SSSR count). The maximum Gasteiger partial charge on any atom is 0.333 e. The van der Waals surface area contributed by atoms with E-state index in [4.69, 9.17) is 4.74 Å². The van der Waals surface area contributed by atoms with Crippen LogP contribution in [0.15, 0.2) is 11.6 Å². The summed E-state index contributed by atoms with van der Waals surface area (Å²) in [6, 6.07) is 0. The molecule has 5 heteroatoms. The number of methoxy groups -OCH3 is 1. The van der Waals surface area contributed by atoms with E-state index in [1.807, 2.05) is 6.08 Å². The van der Waals surface area contributed by atoms with Gasteiger partial charge in [-0.25, -0.2) is 4.79 Å². The lowest BCUT2D eigenvalue weighted by atomic mass is 10.2. The van der Waals surface area contributed by atoms with Gasteiger partial charge < -0.3 is 14.8 Å². The number of carbonyl (C=O) groups is 1. The molecule has 0 amide bonds. The first-order valence-electron chi connectivity index (χ1n) is 6.47. The van der Waals surface area contributed by atoms with Gasteiger partial charge in [0.05, 0.1) is 19.8 Å². The third-order valence-corrected chi connectivity index (χ3v) is 3.10. The Bertz CT molecular complexity index is 292. The van der Waals surface area contributed by atoms with E-state index < -0.39 is 0 Å². The minimum Gasteiger partial charge on any atom is -0.466 e. The van der Waals surface area contributed by atoms with Crippen molar-refractivity contribution in [2.24, 2.45) is 0 Å². The zero-order valence-corrected chi connectivity index (χ0v) is 11.6. The third-order valence-electron chi connectivity index (χ3n) is 3.10. The van der Waals surface area contributed by atoms with Gasteiger partial charge in [-0.2, -0.15) is 0 Å². The van der Waals surface area contributed by atoms with Crippen LogP contribution in [0.1, 0.15) is 13.8 Å². The van der Waals surface area contributed by atoms with Crippen LogP contribution in [0.4, 0.5) is 0 Å². The highest BCUT2D eigenvalue weighted by atomic mass is 16.5. The lowest BCUT2D eigenvalue weighted by Crippen LogP contribution is -2.46. The van der Waals surface area contributed by atoms with Crippen LogP contribution in [0.2, 0.25) is 0 Å². The third kappa shape index (κ3) is 5.16. The van der Waals surface area contributed by atoms with Crippen LogP contribution in [0.25, 0.3) is 0 Å². The molecule has 0 spiro atoms. The van der Waals surface area contributed by atoms with Gasteiger partial charge in [0.15, 0.2) is 0 Å². The Morgan fingerprint density at radius 2 is 2.39 bits per heavy atom. The van der Waals surface area contributed by atoms with Gasteiger partial charge in [-0.3, -0.25) is 4.90 Å². The van der Waals surface area contributed by atoms with E-state index >= 15 is 0 Å². The largest absolute Gasteiger partial charge is 0.466 e. The van der Waals surface area contributed by atoms with Crippen molar-refractivity contribution in [1.82, 2.24) is 10.2 Å². The highest BCUT2D eigenvalue weighted by Gasteiger charge is 2.18. The van der Waals surface area contributed by atoms with Gasteiger partial charge >= 0.3 is 5.97 Å². The van der Waals surface area contributed by atoms with Crippen LogP contribution >= 0.6 is 0 Å². The molecule has 5 nitrogen and oxygen atoms in total. The van der Waals surface area contributed by atoms with E-state index in [1.54, 1.807) is 6.92 Å².